The quantitative estimate of drug-likeness (QED) is 0.487. The van der Waals surface area contributed by atoms with Crippen molar-refractivity contribution in [3.05, 3.63) is 28.9 Å². The van der Waals surface area contributed by atoms with E-state index < -0.39 is 0 Å². The summed E-state index contributed by atoms with van der Waals surface area (Å²) >= 11 is 0. The minimum Gasteiger partial charge on any atom is -0.313 e. The number of hydrogen-bond donors (Lipinski definition) is 1. The van der Waals surface area contributed by atoms with E-state index in [-0.39, 0.29) is 5.69 Å². The monoisotopic (exact) mass is 98.0 g/mol. The molecule has 0 aromatic carbocycles. The predicted molar refractivity (Wildman–Crippen MR) is 24.9 cm³/mol. The van der Waals surface area contributed by atoms with Gasteiger partial charge in [-0.25, -0.2) is 9.78 Å². The van der Waals surface area contributed by atoms with Crippen molar-refractivity contribution in [2.24, 2.45) is 0 Å². The SMILES string of the molecule is O=c1[15n]ccc[15nH]1. The second-order valence-corrected chi connectivity index (χ2v) is 1.09. The minimum absolute atomic E-state index is 0.303. The highest BCUT2D eigenvalue weighted by Crippen LogP contribution is 1.60. The lowest BCUT2D eigenvalue weighted by molar-refractivity contribution is 1.08. The van der Waals surface area contributed by atoms with E-state index in [4.69, 9.17) is 0 Å². The smallest absolute Gasteiger partial charge is 0.313 e. The summed E-state index contributed by atoms with van der Waals surface area (Å²) in [6.45, 7) is 0. The second-order valence-electron chi connectivity index (χ2n) is 1.09. The number of rotatable bonds is 0. The Labute approximate surface area is 40.0 Å². The molecule has 0 aliphatic carbocycles. The molecule has 0 aliphatic rings. The van der Waals surface area contributed by atoms with Crippen molar-refractivity contribution in [2.75, 3.05) is 0 Å². The van der Waals surface area contributed by atoms with Crippen LogP contribution in [-0.4, -0.2) is 9.97 Å². The molecule has 3 heteroatoms. The maximum atomic E-state index is 10.1. The van der Waals surface area contributed by atoms with E-state index in [0.717, 1.165) is 0 Å². The second kappa shape index (κ2) is 1.55. The van der Waals surface area contributed by atoms with Crippen molar-refractivity contribution in [2.45, 2.75) is 0 Å². The summed E-state index contributed by atoms with van der Waals surface area (Å²) in [5.41, 5.74) is -0.303. The van der Waals surface area contributed by atoms with E-state index in [2.05, 4.69) is 9.97 Å². The molecule has 0 bridgehead atoms. The maximum absolute atomic E-state index is 10.1. The van der Waals surface area contributed by atoms with Gasteiger partial charge in [0, 0.05) is 12.4 Å². The standard InChI is InChI=1S/C4H4N2O/c7-4-5-2-1-3-6-4/h1-3H,(H,5,6,7)/i5+1,6+1. The van der Waals surface area contributed by atoms with Crippen molar-refractivity contribution in [3.63, 3.8) is 0 Å². The molecule has 7 heavy (non-hydrogen) atoms. The Bertz CT molecular complexity index is 175. The molecule has 1 rings (SSSR count). The average molecular weight is 98.1 g/mol. The van der Waals surface area contributed by atoms with Crippen LogP contribution in [0.25, 0.3) is 0 Å². The molecular formula is C4H4N2O. The van der Waals surface area contributed by atoms with Crippen LogP contribution in [0.3, 0.4) is 0 Å². The first-order valence-electron chi connectivity index (χ1n) is 1.89. The Balaban J connectivity index is 3.28. The summed E-state index contributed by atoms with van der Waals surface area (Å²) in [5, 5.41) is 0. The molecule has 0 unspecified atom stereocenters. The highest BCUT2D eigenvalue weighted by Gasteiger charge is 1.70. The lowest BCUT2D eigenvalue weighted by Gasteiger charge is -1.72. The number of nitrogens with one attached hydrogen (secondary N) is 1. The van der Waals surface area contributed by atoms with Crippen LogP contribution >= 0.6 is 0 Å². The summed E-state index contributed by atoms with van der Waals surface area (Å²) in [4.78, 5) is 15.8. The number of hydrogen-bond acceptors (Lipinski definition) is 2. The van der Waals surface area contributed by atoms with Gasteiger partial charge in [-0.15, -0.1) is 0 Å². The lowest BCUT2D eigenvalue weighted by atomic mass is 10.7. The molecule has 0 spiro atoms. The Morgan fingerprint density at radius 2 is 2.57 bits per heavy atom. The van der Waals surface area contributed by atoms with Crippen LogP contribution in [0.5, 0.6) is 0 Å². The molecule has 1 aromatic rings. The van der Waals surface area contributed by atoms with Gasteiger partial charge in [-0.2, -0.15) is 0 Å². The van der Waals surface area contributed by atoms with Gasteiger partial charge in [0.25, 0.3) is 0 Å². The fraction of sp³-hybridized carbons (Fsp3) is 0. The highest BCUT2D eigenvalue weighted by molar-refractivity contribution is 4.75. The zero-order valence-electron chi connectivity index (χ0n) is 3.59. The van der Waals surface area contributed by atoms with Gasteiger partial charge in [0.05, 0.1) is 0 Å². The molecule has 1 heterocycles. The molecule has 0 radical (unpaired) electrons. The van der Waals surface area contributed by atoms with Gasteiger partial charge in [-0.3, -0.25) is 0 Å². The van der Waals surface area contributed by atoms with Crippen LogP contribution in [0.4, 0.5) is 0 Å². The van der Waals surface area contributed by atoms with Crippen LogP contribution in [0.2, 0.25) is 0 Å². The summed E-state index contributed by atoms with van der Waals surface area (Å²) in [6, 6.07) is 1.65. The first-order chi connectivity index (χ1) is 3.39. The molecule has 0 atom stereocenters. The highest BCUT2D eigenvalue weighted by atomic mass is 16.2. The Morgan fingerprint density at radius 3 is 2.86 bits per heavy atom. The van der Waals surface area contributed by atoms with E-state index in [1.165, 1.54) is 12.4 Å². The van der Waals surface area contributed by atoms with Crippen LogP contribution in [0.15, 0.2) is 23.3 Å². The number of aromatic amines is 1. The summed E-state index contributed by atoms with van der Waals surface area (Å²) in [7, 11) is 0. The first kappa shape index (κ1) is 4.05. The predicted octanol–water partition coefficient (Wildman–Crippen LogP) is -0.230. The van der Waals surface area contributed by atoms with Gasteiger partial charge in [0.1, 0.15) is 0 Å². The zero-order chi connectivity index (χ0) is 5.11. The summed E-state index contributed by atoms with van der Waals surface area (Å²) in [6.07, 6.45) is 2.98. The van der Waals surface area contributed by atoms with Gasteiger partial charge >= 0.3 is 5.69 Å². The molecule has 1 aromatic heterocycles. The molecule has 0 saturated carbocycles. The number of aromatic nitrogens is 2. The van der Waals surface area contributed by atoms with Gasteiger partial charge in [0.2, 0.25) is 0 Å². The largest absolute Gasteiger partial charge is 0.344 e. The van der Waals surface area contributed by atoms with Crippen LogP contribution in [0, 0.1) is 0 Å². The van der Waals surface area contributed by atoms with Crippen molar-refractivity contribution in [1.29, 1.82) is 0 Å². The minimum atomic E-state index is -0.303. The third kappa shape index (κ3) is 0.855. The van der Waals surface area contributed by atoms with Gasteiger partial charge < -0.3 is 4.98 Å². The van der Waals surface area contributed by atoms with E-state index >= 15 is 0 Å². The van der Waals surface area contributed by atoms with Crippen LogP contribution in [-0.2, 0) is 0 Å². The Morgan fingerprint density at radius 1 is 1.71 bits per heavy atom. The normalized spacial score (nSPS) is 8.57. The number of H-pyrrole nitrogens is 1. The molecule has 36 valence electrons. The Hall–Kier alpha value is -1.12. The summed E-state index contributed by atoms with van der Waals surface area (Å²) < 4.78 is 0. The van der Waals surface area contributed by atoms with Crippen molar-refractivity contribution < 1.29 is 0 Å². The zero-order valence-corrected chi connectivity index (χ0v) is 3.59. The molecule has 0 aliphatic heterocycles. The van der Waals surface area contributed by atoms with Gasteiger partial charge in [-0.1, -0.05) is 0 Å². The molecular weight excluding hydrogens is 94.0 g/mol. The van der Waals surface area contributed by atoms with Gasteiger partial charge in [-0.05, 0) is 6.07 Å². The summed E-state index contributed by atoms with van der Waals surface area (Å²) in [5.74, 6) is 0. The molecule has 0 saturated heterocycles. The van der Waals surface area contributed by atoms with Crippen LogP contribution < -0.4 is 5.69 Å². The van der Waals surface area contributed by atoms with E-state index in [9.17, 15) is 4.79 Å². The fourth-order valence-electron chi connectivity index (χ4n) is 0.310. The van der Waals surface area contributed by atoms with Gasteiger partial charge in [0.15, 0.2) is 0 Å². The average Bonchev–Trinajstić information content (AvgIpc) is 1.69. The maximum Gasteiger partial charge on any atom is 0.344 e. The van der Waals surface area contributed by atoms with Crippen molar-refractivity contribution >= 4 is 0 Å². The molecule has 0 fully saturated rings. The van der Waals surface area contributed by atoms with E-state index in [1.807, 2.05) is 0 Å². The van der Waals surface area contributed by atoms with Crippen molar-refractivity contribution in [3.8, 4) is 0 Å². The molecule has 0 amide bonds. The molecule has 1 N–H and O–H groups in total. The third-order valence-corrected chi connectivity index (χ3v) is 0.581. The van der Waals surface area contributed by atoms with E-state index in [0.29, 0.717) is 0 Å². The van der Waals surface area contributed by atoms with Crippen LogP contribution in [0.1, 0.15) is 0 Å². The number of nitrogens with zero attached hydrogens (tertiary/aromatic N) is 1. The fourth-order valence-corrected chi connectivity index (χ4v) is 0.310. The topological polar surface area (TPSA) is 45.8 Å². The van der Waals surface area contributed by atoms with E-state index in [1.54, 1.807) is 6.07 Å². The lowest BCUT2D eigenvalue weighted by Crippen LogP contribution is -2.05. The Kier molecular flexibility index (Phi) is 0.898. The van der Waals surface area contributed by atoms with Crippen molar-refractivity contribution in [1.82, 2.24) is 9.97 Å². The third-order valence-electron chi connectivity index (χ3n) is 0.581. The molecule has 3 nitrogen and oxygen atoms in total. The first-order valence-corrected chi connectivity index (χ1v) is 1.89.